The fraction of sp³-hybridized carbons (Fsp3) is 0.286. The molecule has 1 atom stereocenters. The predicted molar refractivity (Wildman–Crippen MR) is 76.4 cm³/mol. The van der Waals surface area contributed by atoms with Crippen molar-refractivity contribution < 1.29 is 18.0 Å². The van der Waals surface area contributed by atoms with Crippen molar-refractivity contribution in [3.8, 4) is 0 Å². The van der Waals surface area contributed by atoms with Gasteiger partial charge in [-0.1, -0.05) is 12.1 Å². The van der Waals surface area contributed by atoms with E-state index in [2.05, 4.69) is 15.7 Å². The number of hydrogen-bond acceptors (Lipinski definition) is 3. The summed E-state index contributed by atoms with van der Waals surface area (Å²) in [6.07, 6.45) is -2.84. The number of nitrogens with zero attached hydrogens (tertiary/aromatic N) is 2. The summed E-state index contributed by atoms with van der Waals surface area (Å²) in [7, 11) is 1.72. The van der Waals surface area contributed by atoms with Crippen molar-refractivity contribution in [3.63, 3.8) is 0 Å². The number of carbonyl (C=O) groups excluding carboxylic acids is 1. The topological polar surface area (TPSA) is 59.0 Å². The molecule has 2 N–H and O–H groups in total. The molecule has 22 heavy (non-hydrogen) atoms. The van der Waals surface area contributed by atoms with Crippen LogP contribution in [0.1, 0.15) is 12.5 Å². The minimum Gasteiger partial charge on any atom is -0.357 e. The van der Waals surface area contributed by atoms with E-state index in [-0.39, 0.29) is 5.69 Å². The van der Waals surface area contributed by atoms with Gasteiger partial charge < -0.3 is 10.6 Å². The maximum atomic E-state index is 12.9. The number of para-hydroxylation sites is 1. The van der Waals surface area contributed by atoms with E-state index in [4.69, 9.17) is 0 Å². The molecule has 2 rings (SSSR count). The predicted octanol–water partition coefficient (Wildman–Crippen LogP) is 2.88. The second-order valence-electron chi connectivity index (χ2n) is 4.77. The highest BCUT2D eigenvalue weighted by atomic mass is 19.4. The van der Waals surface area contributed by atoms with Gasteiger partial charge in [-0.15, -0.1) is 0 Å². The van der Waals surface area contributed by atoms with Crippen LogP contribution in [0.2, 0.25) is 0 Å². The van der Waals surface area contributed by atoms with Crippen LogP contribution in [0.15, 0.2) is 36.5 Å². The highest BCUT2D eigenvalue weighted by Gasteiger charge is 2.33. The van der Waals surface area contributed by atoms with Gasteiger partial charge in [0.05, 0.1) is 11.3 Å². The number of nitrogens with one attached hydrogen (secondary N) is 2. The number of benzene rings is 1. The van der Waals surface area contributed by atoms with Crippen LogP contribution in [0, 0.1) is 0 Å². The second-order valence-corrected chi connectivity index (χ2v) is 4.77. The number of aryl methyl sites for hydroxylation is 1. The zero-order valence-electron chi connectivity index (χ0n) is 12.0. The summed E-state index contributed by atoms with van der Waals surface area (Å²) in [4.78, 5) is 12.0. The Morgan fingerprint density at radius 1 is 1.27 bits per heavy atom. The molecule has 0 bridgehead atoms. The number of halogens is 3. The van der Waals surface area contributed by atoms with Gasteiger partial charge in [-0.3, -0.25) is 9.48 Å². The van der Waals surface area contributed by atoms with Crippen molar-refractivity contribution in [2.24, 2.45) is 7.05 Å². The van der Waals surface area contributed by atoms with Gasteiger partial charge in [-0.2, -0.15) is 18.3 Å². The average Bonchev–Trinajstić information content (AvgIpc) is 2.83. The van der Waals surface area contributed by atoms with E-state index in [0.29, 0.717) is 5.82 Å². The molecule has 0 fully saturated rings. The third-order valence-corrected chi connectivity index (χ3v) is 2.96. The zero-order chi connectivity index (χ0) is 16.3. The van der Waals surface area contributed by atoms with Crippen LogP contribution in [-0.2, 0) is 18.0 Å². The van der Waals surface area contributed by atoms with Gasteiger partial charge in [0.2, 0.25) is 5.91 Å². The van der Waals surface area contributed by atoms with Crippen LogP contribution in [0.4, 0.5) is 24.7 Å². The number of carbonyl (C=O) groups is 1. The Morgan fingerprint density at radius 3 is 2.55 bits per heavy atom. The standard InChI is InChI=1S/C14H15F3N4O/c1-9(18-12-7-8-21(2)20-12)13(22)19-11-6-4-3-5-10(11)14(15,16)17/h3-9H,1-2H3,(H,18,20)(H,19,22). The summed E-state index contributed by atoms with van der Waals surface area (Å²) in [6.45, 7) is 1.54. The van der Waals surface area contributed by atoms with Crippen LogP contribution in [0.25, 0.3) is 0 Å². The molecule has 118 valence electrons. The maximum absolute atomic E-state index is 12.9. The Hall–Kier alpha value is -2.51. The molecular formula is C14H15F3N4O. The summed E-state index contributed by atoms with van der Waals surface area (Å²) >= 11 is 0. The van der Waals surface area contributed by atoms with Gasteiger partial charge in [-0.05, 0) is 19.1 Å². The Bertz CT molecular complexity index is 666. The number of rotatable bonds is 4. The van der Waals surface area contributed by atoms with Gasteiger partial charge in [0.25, 0.3) is 0 Å². The highest BCUT2D eigenvalue weighted by molar-refractivity contribution is 5.96. The first-order valence-corrected chi connectivity index (χ1v) is 6.50. The molecule has 8 heteroatoms. The van der Waals surface area contributed by atoms with E-state index in [1.165, 1.54) is 18.2 Å². The Labute approximate surface area is 125 Å². The summed E-state index contributed by atoms with van der Waals surface area (Å²) < 4.78 is 40.2. The van der Waals surface area contributed by atoms with Crippen molar-refractivity contribution in [2.75, 3.05) is 10.6 Å². The van der Waals surface area contributed by atoms with Crippen molar-refractivity contribution in [1.82, 2.24) is 9.78 Å². The van der Waals surface area contributed by atoms with E-state index in [1.807, 2.05) is 0 Å². The molecule has 1 aromatic carbocycles. The average molecular weight is 312 g/mol. The number of hydrogen-bond donors (Lipinski definition) is 2. The van der Waals surface area contributed by atoms with Crippen LogP contribution >= 0.6 is 0 Å². The maximum Gasteiger partial charge on any atom is 0.418 e. The molecule has 1 amide bonds. The summed E-state index contributed by atoms with van der Waals surface area (Å²) in [6, 6.07) is 5.76. The molecule has 0 aliphatic heterocycles. The number of anilines is 2. The minimum absolute atomic E-state index is 0.269. The van der Waals surface area contributed by atoms with Crippen LogP contribution < -0.4 is 10.6 Å². The van der Waals surface area contributed by atoms with Crippen molar-refractivity contribution in [2.45, 2.75) is 19.1 Å². The number of amides is 1. The van der Waals surface area contributed by atoms with Crippen molar-refractivity contribution >= 4 is 17.4 Å². The molecule has 0 radical (unpaired) electrons. The summed E-state index contributed by atoms with van der Waals surface area (Å²) in [5.41, 5.74) is -1.15. The minimum atomic E-state index is -4.53. The third-order valence-electron chi connectivity index (χ3n) is 2.96. The van der Waals surface area contributed by atoms with E-state index < -0.39 is 23.7 Å². The third kappa shape index (κ3) is 3.78. The fourth-order valence-corrected chi connectivity index (χ4v) is 1.86. The molecule has 1 aromatic heterocycles. The Morgan fingerprint density at radius 2 is 1.95 bits per heavy atom. The van der Waals surface area contributed by atoms with Crippen molar-refractivity contribution in [3.05, 3.63) is 42.1 Å². The van der Waals surface area contributed by atoms with Gasteiger partial charge in [0.1, 0.15) is 11.9 Å². The van der Waals surface area contributed by atoms with E-state index in [9.17, 15) is 18.0 Å². The number of aromatic nitrogens is 2. The second kappa shape index (κ2) is 6.08. The molecule has 5 nitrogen and oxygen atoms in total. The molecule has 1 heterocycles. The quantitative estimate of drug-likeness (QED) is 0.912. The largest absolute Gasteiger partial charge is 0.418 e. The molecule has 1 unspecified atom stereocenters. The monoisotopic (exact) mass is 312 g/mol. The molecule has 2 aromatic rings. The van der Waals surface area contributed by atoms with Crippen molar-refractivity contribution in [1.29, 1.82) is 0 Å². The molecule has 0 aliphatic rings. The van der Waals surface area contributed by atoms with Gasteiger partial charge in [0, 0.05) is 19.3 Å². The first-order chi connectivity index (χ1) is 10.3. The van der Waals surface area contributed by atoms with Crippen LogP contribution in [0.3, 0.4) is 0 Å². The van der Waals surface area contributed by atoms with Crippen LogP contribution in [0.5, 0.6) is 0 Å². The highest BCUT2D eigenvalue weighted by Crippen LogP contribution is 2.34. The van der Waals surface area contributed by atoms with Gasteiger partial charge >= 0.3 is 6.18 Å². The lowest BCUT2D eigenvalue weighted by atomic mass is 10.1. The smallest absolute Gasteiger partial charge is 0.357 e. The normalized spacial score (nSPS) is 12.8. The summed E-state index contributed by atoms with van der Waals surface area (Å²) in [5, 5.41) is 9.15. The Balaban J connectivity index is 2.09. The molecule has 0 saturated carbocycles. The Kier molecular flexibility index (Phi) is 4.39. The van der Waals surface area contributed by atoms with E-state index >= 15 is 0 Å². The van der Waals surface area contributed by atoms with E-state index in [0.717, 1.165) is 6.07 Å². The van der Waals surface area contributed by atoms with Gasteiger partial charge in [0.15, 0.2) is 0 Å². The first kappa shape index (κ1) is 15.9. The molecule has 0 saturated heterocycles. The lowest BCUT2D eigenvalue weighted by molar-refractivity contribution is -0.137. The fourth-order valence-electron chi connectivity index (χ4n) is 1.86. The SMILES string of the molecule is CC(Nc1ccn(C)n1)C(=O)Nc1ccccc1C(F)(F)F. The molecular weight excluding hydrogens is 297 g/mol. The lowest BCUT2D eigenvalue weighted by Crippen LogP contribution is -2.32. The first-order valence-electron chi connectivity index (χ1n) is 6.50. The zero-order valence-corrected chi connectivity index (χ0v) is 12.0. The van der Waals surface area contributed by atoms with Crippen LogP contribution in [-0.4, -0.2) is 21.7 Å². The number of alkyl halides is 3. The molecule has 0 aliphatic carbocycles. The lowest BCUT2D eigenvalue weighted by Gasteiger charge is -2.17. The van der Waals surface area contributed by atoms with E-state index in [1.54, 1.807) is 30.9 Å². The summed E-state index contributed by atoms with van der Waals surface area (Å²) in [5.74, 6) is -0.114. The van der Waals surface area contributed by atoms with Gasteiger partial charge in [-0.25, -0.2) is 0 Å². The molecule has 0 spiro atoms.